The van der Waals surface area contributed by atoms with Crippen LogP contribution in [0.4, 0.5) is 0 Å². The van der Waals surface area contributed by atoms with Crippen LogP contribution in [-0.2, 0) is 6.61 Å². The van der Waals surface area contributed by atoms with Crippen LogP contribution in [0.2, 0.25) is 5.15 Å². The summed E-state index contributed by atoms with van der Waals surface area (Å²) in [4.78, 5) is 27.2. The lowest BCUT2D eigenvalue weighted by atomic mass is 10.1. The molecule has 2 aromatic carbocycles. The minimum atomic E-state index is -1.01. The molecule has 0 radical (unpaired) electrons. The number of carboxylic acid groups (broad SMARTS) is 1. The molecule has 0 atom stereocenters. The minimum absolute atomic E-state index is 0.0852. The van der Waals surface area contributed by atoms with Gasteiger partial charge in [-0.1, -0.05) is 23.7 Å². The van der Waals surface area contributed by atoms with E-state index < -0.39 is 11.9 Å². The zero-order valence-electron chi connectivity index (χ0n) is 17.4. The minimum Gasteiger partial charge on any atom is -0.490 e. The monoisotopic (exact) mass is 531 g/mol. The van der Waals surface area contributed by atoms with Gasteiger partial charge in [0.05, 0.1) is 28.4 Å². The Morgan fingerprint density at radius 3 is 2.76 bits per heavy atom. The Morgan fingerprint density at radius 2 is 2.03 bits per heavy atom. The molecule has 0 aliphatic carbocycles. The Kier molecular flexibility index (Phi) is 8.39. The van der Waals surface area contributed by atoms with E-state index >= 15 is 0 Å². The third kappa shape index (κ3) is 6.53. The molecule has 10 heteroatoms. The number of benzene rings is 2. The standard InChI is InChI=1S/C23H19BrClN3O5/c1-2-32-19-11-15(12-27-28-22(29)17-7-4-8-26-21(17)25)10-18(24)20(19)33-13-14-5-3-6-16(9-14)23(30)31/h3-12H,2,13H2,1H3,(H,28,29)(H,30,31). The van der Waals surface area contributed by atoms with E-state index in [4.69, 9.17) is 26.2 Å². The number of carboxylic acids is 1. The number of pyridine rings is 1. The number of carbonyl (C=O) groups is 2. The molecular formula is C23H19BrClN3O5. The quantitative estimate of drug-likeness (QED) is 0.230. The summed E-state index contributed by atoms with van der Waals surface area (Å²) < 4.78 is 12.2. The van der Waals surface area contributed by atoms with Gasteiger partial charge >= 0.3 is 5.97 Å². The van der Waals surface area contributed by atoms with E-state index in [1.807, 2.05) is 6.92 Å². The van der Waals surface area contributed by atoms with Crippen molar-refractivity contribution in [3.63, 3.8) is 0 Å². The van der Waals surface area contributed by atoms with Crippen LogP contribution in [0.3, 0.4) is 0 Å². The number of hydrazone groups is 1. The summed E-state index contributed by atoms with van der Waals surface area (Å²) in [6.07, 6.45) is 2.94. The Balaban J connectivity index is 1.74. The Morgan fingerprint density at radius 1 is 1.21 bits per heavy atom. The molecule has 33 heavy (non-hydrogen) atoms. The fourth-order valence-corrected chi connectivity index (χ4v) is 3.58. The molecule has 3 aromatic rings. The number of nitrogens with zero attached hydrogens (tertiary/aromatic N) is 2. The van der Waals surface area contributed by atoms with Crippen molar-refractivity contribution in [2.24, 2.45) is 5.10 Å². The molecule has 0 unspecified atom stereocenters. The first-order valence-corrected chi connectivity index (χ1v) is 10.9. The topological polar surface area (TPSA) is 110 Å². The van der Waals surface area contributed by atoms with E-state index in [-0.39, 0.29) is 22.9 Å². The molecule has 0 bridgehead atoms. The average molecular weight is 533 g/mol. The zero-order valence-corrected chi connectivity index (χ0v) is 19.8. The predicted octanol–water partition coefficient (Wildman–Crippen LogP) is 4.94. The van der Waals surface area contributed by atoms with Crippen molar-refractivity contribution in [2.45, 2.75) is 13.5 Å². The maximum Gasteiger partial charge on any atom is 0.335 e. The summed E-state index contributed by atoms with van der Waals surface area (Å²) in [7, 11) is 0. The Labute approximate surface area is 203 Å². The lowest BCUT2D eigenvalue weighted by Gasteiger charge is -2.15. The average Bonchev–Trinajstić information content (AvgIpc) is 2.79. The van der Waals surface area contributed by atoms with Crippen molar-refractivity contribution in [1.29, 1.82) is 0 Å². The summed E-state index contributed by atoms with van der Waals surface area (Å²) in [6, 6.07) is 13.1. The van der Waals surface area contributed by atoms with Crippen LogP contribution < -0.4 is 14.9 Å². The number of carbonyl (C=O) groups excluding carboxylic acids is 1. The van der Waals surface area contributed by atoms with Crippen LogP contribution in [0.5, 0.6) is 11.5 Å². The van der Waals surface area contributed by atoms with Crippen molar-refractivity contribution in [2.75, 3.05) is 6.61 Å². The van der Waals surface area contributed by atoms with Gasteiger partial charge in [-0.25, -0.2) is 15.2 Å². The molecule has 0 fully saturated rings. The van der Waals surface area contributed by atoms with Gasteiger partial charge in [0.15, 0.2) is 11.5 Å². The summed E-state index contributed by atoms with van der Waals surface area (Å²) >= 11 is 9.39. The highest BCUT2D eigenvalue weighted by molar-refractivity contribution is 9.10. The van der Waals surface area contributed by atoms with E-state index in [1.165, 1.54) is 18.5 Å². The number of hydrogen-bond acceptors (Lipinski definition) is 6. The lowest BCUT2D eigenvalue weighted by Crippen LogP contribution is -2.18. The first-order valence-electron chi connectivity index (χ1n) is 9.74. The number of hydrogen-bond donors (Lipinski definition) is 2. The highest BCUT2D eigenvalue weighted by Gasteiger charge is 2.13. The summed E-state index contributed by atoms with van der Waals surface area (Å²) in [5, 5.41) is 13.2. The van der Waals surface area contributed by atoms with Gasteiger partial charge in [-0.3, -0.25) is 4.79 Å². The van der Waals surface area contributed by atoms with E-state index in [9.17, 15) is 9.59 Å². The number of amides is 1. The van der Waals surface area contributed by atoms with E-state index in [1.54, 1.807) is 42.5 Å². The normalized spacial score (nSPS) is 10.8. The lowest BCUT2D eigenvalue weighted by molar-refractivity contribution is 0.0696. The predicted molar refractivity (Wildman–Crippen MR) is 127 cm³/mol. The fourth-order valence-electron chi connectivity index (χ4n) is 2.80. The fraction of sp³-hybridized carbons (Fsp3) is 0.130. The number of rotatable bonds is 9. The molecule has 1 aromatic heterocycles. The van der Waals surface area contributed by atoms with Crippen LogP contribution >= 0.6 is 27.5 Å². The first-order chi connectivity index (χ1) is 15.9. The number of ether oxygens (including phenoxy) is 2. The maximum atomic E-state index is 12.2. The molecular weight excluding hydrogens is 514 g/mol. The zero-order chi connectivity index (χ0) is 23.8. The third-order valence-electron chi connectivity index (χ3n) is 4.27. The van der Waals surface area contributed by atoms with Gasteiger partial charge in [0.25, 0.3) is 5.91 Å². The number of aromatic nitrogens is 1. The van der Waals surface area contributed by atoms with Crippen LogP contribution in [0.25, 0.3) is 0 Å². The second kappa shape index (κ2) is 11.4. The summed E-state index contributed by atoms with van der Waals surface area (Å²) in [5.41, 5.74) is 4.14. The summed E-state index contributed by atoms with van der Waals surface area (Å²) in [5.74, 6) is -0.572. The smallest absolute Gasteiger partial charge is 0.335 e. The number of halogens is 2. The molecule has 1 amide bonds. The van der Waals surface area contributed by atoms with Gasteiger partial charge in [0.1, 0.15) is 11.8 Å². The molecule has 0 aliphatic rings. The van der Waals surface area contributed by atoms with Gasteiger partial charge in [0, 0.05) is 6.20 Å². The molecule has 8 nitrogen and oxygen atoms in total. The summed E-state index contributed by atoms with van der Waals surface area (Å²) in [6.45, 7) is 2.38. The number of nitrogens with one attached hydrogen (secondary N) is 1. The van der Waals surface area contributed by atoms with Crippen molar-refractivity contribution in [3.8, 4) is 11.5 Å². The molecule has 2 N–H and O–H groups in total. The van der Waals surface area contributed by atoms with Crippen molar-refractivity contribution in [1.82, 2.24) is 10.4 Å². The molecule has 170 valence electrons. The van der Waals surface area contributed by atoms with Crippen LogP contribution in [0, 0.1) is 0 Å². The van der Waals surface area contributed by atoms with Crippen LogP contribution in [0.1, 0.15) is 38.8 Å². The molecule has 0 saturated carbocycles. The first kappa shape index (κ1) is 24.2. The van der Waals surface area contributed by atoms with E-state index in [2.05, 4.69) is 31.4 Å². The van der Waals surface area contributed by atoms with Crippen molar-refractivity contribution in [3.05, 3.63) is 86.6 Å². The largest absolute Gasteiger partial charge is 0.490 e. The Bertz CT molecular complexity index is 1200. The molecule has 1 heterocycles. The van der Waals surface area contributed by atoms with Crippen molar-refractivity contribution >= 4 is 45.6 Å². The van der Waals surface area contributed by atoms with Crippen LogP contribution in [0.15, 0.2) is 64.3 Å². The van der Waals surface area contributed by atoms with Gasteiger partial charge in [-0.2, -0.15) is 5.10 Å². The van der Waals surface area contributed by atoms with Gasteiger partial charge < -0.3 is 14.6 Å². The van der Waals surface area contributed by atoms with Gasteiger partial charge in [-0.15, -0.1) is 0 Å². The third-order valence-corrected chi connectivity index (χ3v) is 5.16. The van der Waals surface area contributed by atoms with Crippen molar-refractivity contribution < 1.29 is 24.2 Å². The van der Waals surface area contributed by atoms with Gasteiger partial charge in [0.2, 0.25) is 0 Å². The second-order valence-electron chi connectivity index (χ2n) is 6.60. The van der Waals surface area contributed by atoms with E-state index in [0.29, 0.717) is 33.7 Å². The Hall–Kier alpha value is -3.43. The number of aromatic carboxylic acids is 1. The molecule has 3 rings (SSSR count). The SMILES string of the molecule is CCOc1cc(C=NNC(=O)c2cccnc2Cl)cc(Br)c1OCc1cccc(C(=O)O)c1. The van der Waals surface area contributed by atoms with Gasteiger partial charge in [-0.05, 0) is 70.4 Å². The maximum absolute atomic E-state index is 12.2. The highest BCUT2D eigenvalue weighted by Crippen LogP contribution is 2.37. The van der Waals surface area contributed by atoms with E-state index in [0.717, 1.165) is 0 Å². The molecule has 0 aliphatic heterocycles. The highest BCUT2D eigenvalue weighted by atomic mass is 79.9. The van der Waals surface area contributed by atoms with Crippen LogP contribution in [-0.4, -0.2) is 34.8 Å². The molecule has 0 saturated heterocycles. The second-order valence-corrected chi connectivity index (χ2v) is 7.81. The molecule has 0 spiro atoms.